The summed E-state index contributed by atoms with van der Waals surface area (Å²) in [6, 6.07) is 1.94. The molecule has 0 saturated heterocycles. The topological polar surface area (TPSA) is 63.8 Å². The molecule has 2 heterocycles. The predicted molar refractivity (Wildman–Crippen MR) is 86.4 cm³/mol. The number of aryl methyl sites for hydroxylation is 2. The molecular formula is C15H21BrN4O. The van der Waals surface area contributed by atoms with Crippen molar-refractivity contribution in [3.8, 4) is 0 Å². The van der Waals surface area contributed by atoms with Crippen LogP contribution in [-0.4, -0.2) is 15.1 Å². The second-order valence-corrected chi connectivity index (χ2v) is 7.07. The Labute approximate surface area is 133 Å². The quantitative estimate of drug-likeness (QED) is 0.833. The molecule has 0 radical (unpaired) electrons. The average Bonchev–Trinajstić information content (AvgIpc) is 2.67. The van der Waals surface area contributed by atoms with Crippen molar-refractivity contribution < 1.29 is 4.52 Å². The first-order chi connectivity index (χ1) is 9.68. The Balaban J connectivity index is 2.30. The van der Waals surface area contributed by atoms with Gasteiger partial charge in [-0.3, -0.25) is 0 Å². The van der Waals surface area contributed by atoms with Crippen molar-refractivity contribution in [2.45, 2.75) is 53.0 Å². The molecule has 5 nitrogen and oxygen atoms in total. The van der Waals surface area contributed by atoms with Crippen LogP contribution < -0.4 is 5.32 Å². The molecular weight excluding hydrogens is 332 g/mol. The molecule has 21 heavy (non-hydrogen) atoms. The number of hydrogen-bond donors (Lipinski definition) is 1. The summed E-state index contributed by atoms with van der Waals surface area (Å²) < 4.78 is 6.00. The normalized spacial score (nSPS) is 13.3. The lowest BCUT2D eigenvalue weighted by molar-refractivity contribution is 0.392. The molecule has 114 valence electrons. The van der Waals surface area contributed by atoms with Gasteiger partial charge in [0.05, 0.1) is 11.7 Å². The van der Waals surface area contributed by atoms with Crippen LogP contribution in [0.4, 0.5) is 5.82 Å². The van der Waals surface area contributed by atoms with Crippen LogP contribution in [0.5, 0.6) is 0 Å². The fourth-order valence-corrected chi connectivity index (χ4v) is 2.61. The number of nitrogens with one attached hydrogen (secondary N) is 1. The van der Waals surface area contributed by atoms with E-state index in [4.69, 9.17) is 4.52 Å². The van der Waals surface area contributed by atoms with Crippen molar-refractivity contribution in [3.05, 3.63) is 33.5 Å². The summed E-state index contributed by atoms with van der Waals surface area (Å²) >= 11 is 3.45. The van der Waals surface area contributed by atoms with E-state index in [0.717, 1.165) is 33.3 Å². The molecule has 0 saturated carbocycles. The highest BCUT2D eigenvalue weighted by molar-refractivity contribution is 9.10. The summed E-state index contributed by atoms with van der Waals surface area (Å²) in [7, 11) is 0. The summed E-state index contributed by atoms with van der Waals surface area (Å²) in [6.07, 6.45) is 0. The summed E-state index contributed by atoms with van der Waals surface area (Å²) in [5.41, 5.74) is 1.87. The van der Waals surface area contributed by atoms with Gasteiger partial charge >= 0.3 is 0 Å². The van der Waals surface area contributed by atoms with E-state index in [1.165, 1.54) is 0 Å². The lowest BCUT2D eigenvalue weighted by atomic mass is 9.96. The minimum atomic E-state index is -0.105. The van der Waals surface area contributed by atoms with Gasteiger partial charge in [-0.05, 0) is 36.7 Å². The highest BCUT2D eigenvalue weighted by Crippen LogP contribution is 2.27. The molecule has 1 atom stereocenters. The molecule has 1 unspecified atom stereocenters. The maximum atomic E-state index is 5.22. The van der Waals surface area contributed by atoms with Gasteiger partial charge in [0.25, 0.3) is 0 Å². The number of halogens is 1. The molecule has 0 aliphatic heterocycles. The Hall–Kier alpha value is -1.43. The zero-order valence-electron chi connectivity index (χ0n) is 13.3. The molecule has 0 spiro atoms. The van der Waals surface area contributed by atoms with Crippen LogP contribution in [0.25, 0.3) is 0 Å². The molecule has 0 fully saturated rings. The van der Waals surface area contributed by atoms with Crippen LogP contribution in [0.3, 0.4) is 0 Å². The number of rotatable bonds is 3. The molecule has 2 aromatic heterocycles. The second-order valence-electron chi connectivity index (χ2n) is 6.25. The lowest BCUT2D eigenvalue weighted by Gasteiger charge is -2.20. The van der Waals surface area contributed by atoms with Crippen LogP contribution in [0.1, 0.15) is 56.6 Å². The molecule has 0 amide bonds. The zero-order valence-corrected chi connectivity index (χ0v) is 14.9. The molecule has 0 bridgehead atoms. The summed E-state index contributed by atoms with van der Waals surface area (Å²) in [4.78, 5) is 9.06. The largest absolute Gasteiger partial charge is 0.363 e. The number of aromatic nitrogens is 3. The standard InChI is InChI=1S/C15H21BrN4O/c1-8(13-9(2)20-21-10(13)3)17-12-7-11(16)18-14(19-12)15(4,5)6/h7-8H,1-6H3,(H,17,18,19). The van der Waals surface area contributed by atoms with Gasteiger partial charge in [-0.2, -0.15) is 0 Å². The monoisotopic (exact) mass is 352 g/mol. The molecule has 0 aliphatic rings. The SMILES string of the molecule is Cc1noc(C)c1C(C)Nc1cc(Br)nc(C(C)(C)C)n1. The van der Waals surface area contributed by atoms with E-state index >= 15 is 0 Å². The van der Waals surface area contributed by atoms with Crippen molar-refractivity contribution in [2.75, 3.05) is 5.32 Å². The summed E-state index contributed by atoms with van der Waals surface area (Å²) in [5, 5.41) is 7.39. The Bertz CT molecular complexity index is 626. The Morgan fingerprint density at radius 1 is 1.24 bits per heavy atom. The smallest absolute Gasteiger partial charge is 0.139 e. The maximum Gasteiger partial charge on any atom is 0.139 e. The van der Waals surface area contributed by atoms with Gasteiger partial charge in [0.15, 0.2) is 0 Å². The minimum Gasteiger partial charge on any atom is -0.363 e. The maximum absolute atomic E-state index is 5.22. The first-order valence-corrected chi connectivity index (χ1v) is 7.72. The number of anilines is 1. The van der Waals surface area contributed by atoms with E-state index in [9.17, 15) is 0 Å². The van der Waals surface area contributed by atoms with Gasteiger partial charge in [-0.15, -0.1) is 0 Å². The fraction of sp³-hybridized carbons (Fsp3) is 0.533. The van der Waals surface area contributed by atoms with Gasteiger partial charge in [0.2, 0.25) is 0 Å². The zero-order chi connectivity index (χ0) is 15.8. The van der Waals surface area contributed by atoms with Crippen molar-refractivity contribution in [2.24, 2.45) is 0 Å². The summed E-state index contributed by atoms with van der Waals surface area (Å²) in [5.74, 6) is 2.41. The van der Waals surface area contributed by atoms with Gasteiger partial charge in [0, 0.05) is 17.0 Å². The molecule has 0 aliphatic carbocycles. The van der Waals surface area contributed by atoms with Crippen molar-refractivity contribution in [1.82, 2.24) is 15.1 Å². The van der Waals surface area contributed by atoms with E-state index in [-0.39, 0.29) is 11.5 Å². The van der Waals surface area contributed by atoms with E-state index in [2.05, 4.69) is 64.1 Å². The van der Waals surface area contributed by atoms with Crippen LogP contribution in [0, 0.1) is 13.8 Å². The van der Waals surface area contributed by atoms with E-state index in [1.807, 2.05) is 19.9 Å². The van der Waals surface area contributed by atoms with E-state index in [0.29, 0.717) is 0 Å². The minimum absolute atomic E-state index is 0.0610. The van der Waals surface area contributed by atoms with Crippen LogP contribution in [0.15, 0.2) is 15.2 Å². The highest BCUT2D eigenvalue weighted by Gasteiger charge is 2.21. The highest BCUT2D eigenvalue weighted by atomic mass is 79.9. The second kappa shape index (κ2) is 5.75. The third-order valence-corrected chi connectivity index (χ3v) is 3.66. The van der Waals surface area contributed by atoms with Gasteiger partial charge < -0.3 is 9.84 Å². The Kier molecular flexibility index (Phi) is 4.37. The van der Waals surface area contributed by atoms with Crippen LogP contribution in [-0.2, 0) is 5.41 Å². The Morgan fingerprint density at radius 2 is 1.90 bits per heavy atom. The van der Waals surface area contributed by atoms with Gasteiger partial charge in [-0.1, -0.05) is 25.9 Å². The van der Waals surface area contributed by atoms with Crippen molar-refractivity contribution >= 4 is 21.7 Å². The Morgan fingerprint density at radius 3 is 2.43 bits per heavy atom. The number of hydrogen-bond acceptors (Lipinski definition) is 5. The third kappa shape index (κ3) is 3.61. The van der Waals surface area contributed by atoms with Crippen LogP contribution in [0.2, 0.25) is 0 Å². The fourth-order valence-electron chi connectivity index (χ4n) is 2.23. The number of nitrogens with zero attached hydrogens (tertiary/aromatic N) is 3. The predicted octanol–water partition coefficient (Wildman–Crippen LogP) is 4.31. The van der Waals surface area contributed by atoms with Crippen molar-refractivity contribution in [3.63, 3.8) is 0 Å². The molecule has 0 aromatic carbocycles. The molecule has 6 heteroatoms. The first-order valence-electron chi connectivity index (χ1n) is 6.93. The van der Waals surface area contributed by atoms with Gasteiger partial charge in [0.1, 0.15) is 22.0 Å². The molecule has 2 rings (SSSR count). The lowest BCUT2D eigenvalue weighted by Crippen LogP contribution is -2.18. The average molecular weight is 353 g/mol. The van der Waals surface area contributed by atoms with Gasteiger partial charge in [-0.25, -0.2) is 9.97 Å². The molecule has 1 N–H and O–H groups in total. The molecule has 2 aromatic rings. The van der Waals surface area contributed by atoms with E-state index < -0.39 is 0 Å². The van der Waals surface area contributed by atoms with Crippen LogP contribution >= 0.6 is 15.9 Å². The first kappa shape index (κ1) is 15.9. The summed E-state index contributed by atoms with van der Waals surface area (Å²) in [6.45, 7) is 12.2. The van der Waals surface area contributed by atoms with Crippen molar-refractivity contribution in [1.29, 1.82) is 0 Å². The third-order valence-electron chi connectivity index (χ3n) is 3.25. The van der Waals surface area contributed by atoms with E-state index in [1.54, 1.807) is 0 Å².